The summed E-state index contributed by atoms with van der Waals surface area (Å²) in [5.74, 6) is 0.586. The van der Waals surface area contributed by atoms with Crippen molar-refractivity contribution in [2.45, 2.75) is 46.2 Å². The molecule has 4 heteroatoms. The van der Waals surface area contributed by atoms with Crippen LogP contribution in [0.15, 0.2) is 24.3 Å². The first kappa shape index (κ1) is 18.0. The highest BCUT2D eigenvalue weighted by molar-refractivity contribution is 5.78. The van der Waals surface area contributed by atoms with Crippen LogP contribution in [0.3, 0.4) is 0 Å². The van der Waals surface area contributed by atoms with Gasteiger partial charge in [0.1, 0.15) is 0 Å². The minimum absolute atomic E-state index is 0.128. The zero-order chi connectivity index (χ0) is 16.8. The molecule has 2 unspecified atom stereocenters. The fraction of sp³-hybridized carbons (Fsp3) is 0.632. The average molecular weight is 317 g/mol. The Morgan fingerprint density at radius 3 is 2.61 bits per heavy atom. The zero-order valence-electron chi connectivity index (χ0n) is 14.9. The third kappa shape index (κ3) is 5.05. The van der Waals surface area contributed by atoms with Crippen LogP contribution in [0.4, 0.5) is 0 Å². The lowest BCUT2D eigenvalue weighted by molar-refractivity contribution is -0.124. The molecular formula is C19H31N3O. The van der Waals surface area contributed by atoms with E-state index in [1.165, 1.54) is 11.1 Å². The minimum Gasteiger partial charge on any atom is -0.352 e. The standard InChI is InChI=1S/C19H31N3O/c1-5-16-6-8-17(9-7-16)18-12-20-10-11-22(18)13-19(23)21-15(4)14(2)3/h6-9,14-15,18,20H,5,10-13H2,1-4H3,(H,21,23). The summed E-state index contributed by atoms with van der Waals surface area (Å²) in [5.41, 5.74) is 2.65. The second-order valence-corrected chi connectivity index (χ2v) is 6.89. The van der Waals surface area contributed by atoms with Gasteiger partial charge in [-0.1, -0.05) is 45.0 Å². The van der Waals surface area contributed by atoms with Gasteiger partial charge in [-0.25, -0.2) is 0 Å². The maximum Gasteiger partial charge on any atom is 0.234 e. The lowest BCUT2D eigenvalue weighted by Gasteiger charge is -2.36. The summed E-state index contributed by atoms with van der Waals surface area (Å²) >= 11 is 0. The monoisotopic (exact) mass is 317 g/mol. The molecule has 1 aromatic rings. The molecule has 0 saturated carbocycles. The first-order valence-electron chi connectivity index (χ1n) is 8.84. The number of piperazine rings is 1. The van der Waals surface area contributed by atoms with Gasteiger partial charge in [-0.05, 0) is 30.4 Å². The summed E-state index contributed by atoms with van der Waals surface area (Å²) < 4.78 is 0. The van der Waals surface area contributed by atoms with Gasteiger partial charge in [0.15, 0.2) is 0 Å². The summed E-state index contributed by atoms with van der Waals surface area (Å²) in [5, 5.41) is 6.57. The molecule has 2 atom stereocenters. The number of carbonyl (C=O) groups excluding carboxylic acids is 1. The van der Waals surface area contributed by atoms with Crippen molar-refractivity contribution < 1.29 is 4.79 Å². The minimum atomic E-state index is 0.128. The number of nitrogens with one attached hydrogen (secondary N) is 2. The van der Waals surface area contributed by atoms with Crippen molar-refractivity contribution in [3.05, 3.63) is 35.4 Å². The number of rotatable bonds is 6. The fourth-order valence-electron chi connectivity index (χ4n) is 2.89. The lowest BCUT2D eigenvalue weighted by Crippen LogP contribution is -2.50. The highest BCUT2D eigenvalue weighted by Crippen LogP contribution is 2.22. The predicted octanol–water partition coefficient (Wildman–Crippen LogP) is 2.36. The van der Waals surface area contributed by atoms with Gasteiger partial charge in [-0.15, -0.1) is 0 Å². The van der Waals surface area contributed by atoms with Gasteiger partial charge in [-0.3, -0.25) is 9.69 Å². The highest BCUT2D eigenvalue weighted by Gasteiger charge is 2.26. The number of nitrogens with zero attached hydrogens (tertiary/aromatic N) is 1. The molecule has 23 heavy (non-hydrogen) atoms. The van der Waals surface area contributed by atoms with E-state index in [2.05, 4.69) is 67.5 Å². The van der Waals surface area contributed by atoms with Crippen molar-refractivity contribution in [1.29, 1.82) is 0 Å². The van der Waals surface area contributed by atoms with Gasteiger partial charge in [0.05, 0.1) is 6.54 Å². The van der Waals surface area contributed by atoms with Gasteiger partial charge in [-0.2, -0.15) is 0 Å². The molecule has 1 heterocycles. The molecule has 0 spiro atoms. The molecule has 1 fully saturated rings. The second kappa shape index (κ2) is 8.46. The van der Waals surface area contributed by atoms with Crippen LogP contribution in [-0.4, -0.2) is 43.0 Å². The molecule has 2 rings (SSSR count). The molecule has 2 N–H and O–H groups in total. The van der Waals surface area contributed by atoms with E-state index in [4.69, 9.17) is 0 Å². The van der Waals surface area contributed by atoms with Gasteiger partial charge in [0.2, 0.25) is 5.91 Å². The molecule has 0 bridgehead atoms. The van der Waals surface area contributed by atoms with E-state index < -0.39 is 0 Å². The van der Waals surface area contributed by atoms with E-state index in [1.54, 1.807) is 0 Å². The Hall–Kier alpha value is -1.39. The van der Waals surface area contributed by atoms with E-state index in [1.807, 2.05) is 0 Å². The van der Waals surface area contributed by atoms with Gasteiger partial charge >= 0.3 is 0 Å². The Kier molecular flexibility index (Phi) is 6.60. The maximum absolute atomic E-state index is 12.3. The number of aryl methyl sites for hydroxylation is 1. The quantitative estimate of drug-likeness (QED) is 0.846. The first-order chi connectivity index (χ1) is 11.0. The average Bonchev–Trinajstić information content (AvgIpc) is 2.55. The maximum atomic E-state index is 12.3. The summed E-state index contributed by atoms with van der Waals surface area (Å²) in [4.78, 5) is 14.6. The summed E-state index contributed by atoms with van der Waals surface area (Å²) in [6, 6.07) is 9.30. The molecule has 0 aliphatic carbocycles. The number of hydrogen-bond acceptors (Lipinski definition) is 3. The normalized spacial score (nSPS) is 20.5. The third-order valence-corrected chi connectivity index (χ3v) is 4.86. The molecule has 1 aliphatic rings. The SMILES string of the molecule is CCc1ccc(C2CNCCN2CC(=O)NC(C)C(C)C)cc1. The van der Waals surface area contributed by atoms with Crippen LogP contribution in [0.2, 0.25) is 0 Å². The molecule has 1 saturated heterocycles. The Morgan fingerprint density at radius 2 is 2.00 bits per heavy atom. The molecular weight excluding hydrogens is 286 g/mol. The second-order valence-electron chi connectivity index (χ2n) is 6.89. The van der Waals surface area contributed by atoms with E-state index >= 15 is 0 Å². The van der Waals surface area contributed by atoms with Crippen molar-refractivity contribution in [2.24, 2.45) is 5.92 Å². The van der Waals surface area contributed by atoms with Gasteiger partial charge in [0, 0.05) is 31.7 Å². The number of hydrogen-bond donors (Lipinski definition) is 2. The Balaban J connectivity index is 2.01. The van der Waals surface area contributed by atoms with Crippen LogP contribution in [0.1, 0.15) is 44.9 Å². The van der Waals surface area contributed by atoms with Crippen LogP contribution in [0.25, 0.3) is 0 Å². The molecule has 1 amide bonds. The topological polar surface area (TPSA) is 44.4 Å². The molecule has 4 nitrogen and oxygen atoms in total. The summed E-state index contributed by atoms with van der Waals surface area (Å²) in [6.45, 7) is 11.7. The van der Waals surface area contributed by atoms with Gasteiger partial charge in [0.25, 0.3) is 0 Å². The van der Waals surface area contributed by atoms with Crippen molar-refractivity contribution in [3.8, 4) is 0 Å². The van der Waals surface area contributed by atoms with E-state index in [-0.39, 0.29) is 18.0 Å². The van der Waals surface area contributed by atoms with Crippen LogP contribution in [0.5, 0.6) is 0 Å². The molecule has 0 aromatic heterocycles. The molecule has 0 radical (unpaired) electrons. The lowest BCUT2D eigenvalue weighted by atomic mass is 10.0. The number of benzene rings is 1. The zero-order valence-corrected chi connectivity index (χ0v) is 14.9. The van der Waals surface area contributed by atoms with E-state index in [9.17, 15) is 4.79 Å². The smallest absolute Gasteiger partial charge is 0.234 e. The number of amides is 1. The Bertz CT molecular complexity index is 498. The fourth-order valence-corrected chi connectivity index (χ4v) is 2.89. The number of carbonyl (C=O) groups is 1. The van der Waals surface area contributed by atoms with Crippen LogP contribution in [0, 0.1) is 5.92 Å². The van der Waals surface area contributed by atoms with E-state index in [0.29, 0.717) is 12.5 Å². The molecule has 1 aliphatic heterocycles. The van der Waals surface area contributed by atoms with Crippen molar-refractivity contribution in [3.63, 3.8) is 0 Å². The largest absolute Gasteiger partial charge is 0.352 e. The Labute approximate surface area is 140 Å². The van der Waals surface area contributed by atoms with Crippen molar-refractivity contribution >= 4 is 5.91 Å². The van der Waals surface area contributed by atoms with Crippen LogP contribution in [-0.2, 0) is 11.2 Å². The van der Waals surface area contributed by atoms with Crippen LogP contribution >= 0.6 is 0 Å². The van der Waals surface area contributed by atoms with Gasteiger partial charge < -0.3 is 10.6 Å². The predicted molar refractivity (Wildman–Crippen MR) is 95.4 cm³/mol. The Morgan fingerprint density at radius 1 is 1.30 bits per heavy atom. The van der Waals surface area contributed by atoms with Crippen molar-refractivity contribution in [1.82, 2.24) is 15.5 Å². The third-order valence-electron chi connectivity index (χ3n) is 4.86. The summed E-state index contributed by atoms with van der Waals surface area (Å²) in [7, 11) is 0. The van der Waals surface area contributed by atoms with Crippen LogP contribution < -0.4 is 10.6 Å². The highest BCUT2D eigenvalue weighted by atomic mass is 16.2. The van der Waals surface area contributed by atoms with E-state index in [0.717, 1.165) is 26.1 Å². The summed E-state index contributed by atoms with van der Waals surface area (Å²) in [6.07, 6.45) is 1.06. The van der Waals surface area contributed by atoms with Crippen molar-refractivity contribution in [2.75, 3.05) is 26.2 Å². The first-order valence-corrected chi connectivity index (χ1v) is 8.84. The molecule has 1 aromatic carbocycles. The molecule has 128 valence electrons.